The lowest BCUT2D eigenvalue weighted by molar-refractivity contribution is 0.574. The van der Waals surface area contributed by atoms with E-state index in [9.17, 15) is 0 Å². The van der Waals surface area contributed by atoms with E-state index in [2.05, 4.69) is 66.5 Å². The first-order valence-electron chi connectivity index (χ1n) is 7.39. The summed E-state index contributed by atoms with van der Waals surface area (Å²) in [5, 5.41) is 0. The molecule has 1 fully saturated rings. The molecule has 1 aliphatic carbocycles. The van der Waals surface area contributed by atoms with Crippen molar-refractivity contribution in [2.45, 2.75) is 18.8 Å². The van der Waals surface area contributed by atoms with E-state index in [0.29, 0.717) is 23.6 Å². The number of hydrogen-bond acceptors (Lipinski definition) is 2. The van der Waals surface area contributed by atoms with Crippen LogP contribution < -0.4 is 0 Å². The fourth-order valence-corrected chi connectivity index (χ4v) is 3.37. The van der Waals surface area contributed by atoms with Gasteiger partial charge in [-0.05, 0) is 41.0 Å². The van der Waals surface area contributed by atoms with E-state index in [-0.39, 0.29) is 0 Å². The number of nitrogens with zero attached hydrogens (tertiary/aromatic N) is 1. The molecule has 0 spiro atoms. The summed E-state index contributed by atoms with van der Waals surface area (Å²) in [7, 11) is 0. The average molecular weight is 275 g/mol. The standard InChI is InChI=1S/C19H17NO/c1-13-17(14-5-3-2-4-6-14)18(13)15-7-9-16(10-8-15)19-20-11-12-21-19/h2-13,17-18H,1H3. The molecule has 104 valence electrons. The molecule has 1 heterocycles. The van der Waals surface area contributed by atoms with Gasteiger partial charge in [-0.25, -0.2) is 4.98 Å². The zero-order valence-corrected chi connectivity index (χ0v) is 11.9. The van der Waals surface area contributed by atoms with Crippen molar-refractivity contribution in [2.24, 2.45) is 5.92 Å². The lowest BCUT2D eigenvalue weighted by atomic mass is 10.0. The third kappa shape index (κ3) is 2.17. The summed E-state index contributed by atoms with van der Waals surface area (Å²) < 4.78 is 5.34. The minimum absolute atomic E-state index is 0.631. The molecule has 0 N–H and O–H groups in total. The molecule has 0 aliphatic heterocycles. The van der Waals surface area contributed by atoms with Crippen LogP contribution in [-0.2, 0) is 0 Å². The van der Waals surface area contributed by atoms with E-state index in [1.807, 2.05) is 0 Å². The lowest BCUT2D eigenvalue weighted by Crippen LogP contribution is -1.85. The minimum atomic E-state index is 0.631. The first-order valence-corrected chi connectivity index (χ1v) is 7.39. The first kappa shape index (κ1) is 12.4. The summed E-state index contributed by atoms with van der Waals surface area (Å²) >= 11 is 0. The monoisotopic (exact) mass is 275 g/mol. The summed E-state index contributed by atoms with van der Waals surface area (Å²) in [6.07, 6.45) is 3.29. The van der Waals surface area contributed by atoms with Crippen LogP contribution in [-0.4, -0.2) is 4.98 Å². The van der Waals surface area contributed by atoms with Crippen molar-refractivity contribution in [1.29, 1.82) is 0 Å². The van der Waals surface area contributed by atoms with Crippen molar-refractivity contribution in [3.63, 3.8) is 0 Å². The van der Waals surface area contributed by atoms with Crippen molar-refractivity contribution >= 4 is 0 Å². The van der Waals surface area contributed by atoms with E-state index >= 15 is 0 Å². The van der Waals surface area contributed by atoms with Gasteiger partial charge in [0.1, 0.15) is 6.26 Å². The summed E-state index contributed by atoms with van der Waals surface area (Å²) in [6.45, 7) is 2.34. The Morgan fingerprint density at radius 2 is 1.52 bits per heavy atom. The summed E-state index contributed by atoms with van der Waals surface area (Å²) in [5.74, 6) is 2.68. The van der Waals surface area contributed by atoms with Crippen molar-refractivity contribution in [1.82, 2.24) is 4.98 Å². The van der Waals surface area contributed by atoms with E-state index in [1.54, 1.807) is 12.5 Å². The van der Waals surface area contributed by atoms with Gasteiger partial charge in [-0.1, -0.05) is 49.4 Å². The zero-order valence-electron chi connectivity index (χ0n) is 11.9. The number of benzene rings is 2. The number of rotatable bonds is 3. The highest BCUT2D eigenvalue weighted by Gasteiger charge is 2.48. The van der Waals surface area contributed by atoms with Gasteiger partial charge >= 0.3 is 0 Å². The SMILES string of the molecule is CC1C(c2ccccc2)C1c1ccc(-c2ncco2)cc1. The summed E-state index contributed by atoms with van der Waals surface area (Å²) in [6, 6.07) is 19.4. The Morgan fingerprint density at radius 1 is 0.857 bits per heavy atom. The maximum absolute atomic E-state index is 5.34. The fourth-order valence-electron chi connectivity index (χ4n) is 3.37. The van der Waals surface area contributed by atoms with Crippen molar-refractivity contribution in [3.8, 4) is 11.5 Å². The van der Waals surface area contributed by atoms with Gasteiger partial charge in [0.2, 0.25) is 5.89 Å². The van der Waals surface area contributed by atoms with Gasteiger partial charge in [0, 0.05) is 5.56 Å². The molecule has 1 aromatic heterocycles. The highest BCUT2D eigenvalue weighted by atomic mass is 16.3. The molecule has 2 nitrogen and oxygen atoms in total. The average Bonchev–Trinajstić information content (AvgIpc) is 2.97. The smallest absolute Gasteiger partial charge is 0.225 e. The highest BCUT2D eigenvalue weighted by Crippen LogP contribution is 2.60. The van der Waals surface area contributed by atoms with Gasteiger partial charge < -0.3 is 4.42 Å². The normalized spacial score (nSPS) is 24.0. The largest absolute Gasteiger partial charge is 0.445 e. The maximum atomic E-state index is 5.34. The third-order valence-electron chi connectivity index (χ3n) is 4.54. The molecule has 0 radical (unpaired) electrons. The van der Waals surface area contributed by atoms with Crippen LogP contribution in [0, 0.1) is 5.92 Å². The Morgan fingerprint density at radius 3 is 2.14 bits per heavy atom. The molecule has 0 amide bonds. The molecule has 1 saturated carbocycles. The molecule has 21 heavy (non-hydrogen) atoms. The molecular formula is C19H17NO. The number of aromatic nitrogens is 1. The maximum Gasteiger partial charge on any atom is 0.225 e. The fraction of sp³-hybridized carbons (Fsp3) is 0.211. The molecule has 2 aromatic carbocycles. The second-order valence-corrected chi connectivity index (χ2v) is 5.78. The van der Waals surface area contributed by atoms with Crippen molar-refractivity contribution < 1.29 is 4.42 Å². The van der Waals surface area contributed by atoms with Crippen molar-refractivity contribution in [3.05, 3.63) is 78.2 Å². The van der Waals surface area contributed by atoms with Crippen LogP contribution in [0.25, 0.3) is 11.5 Å². The second-order valence-electron chi connectivity index (χ2n) is 5.78. The van der Waals surface area contributed by atoms with Gasteiger partial charge in [-0.15, -0.1) is 0 Å². The third-order valence-corrected chi connectivity index (χ3v) is 4.54. The predicted octanol–water partition coefficient (Wildman–Crippen LogP) is 4.86. The number of oxazole rings is 1. The van der Waals surface area contributed by atoms with Crippen LogP contribution in [0.1, 0.15) is 29.9 Å². The molecule has 0 saturated heterocycles. The minimum Gasteiger partial charge on any atom is -0.445 e. The molecule has 0 bridgehead atoms. The van der Waals surface area contributed by atoms with Crippen LogP contribution in [0.4, 0.5) is 0 Å². The lowest BCUT2D eigenvalue weighted by Gasteiger charge is -2.02. The van der Waals surface area contributed by atoms with Gasteiger partial charge in [0.15, 0.2) is 0 Å². The molecule has 4 rings (SSSR count). The Hall–Kier alpha value is -2.35. The second kappa shape index (κ2) is 4.88. The topological polar surface area (TPSA) is 26.0 Å². The molecular weight excluding hydrogens is 258 g/mol. The van der Waals surface area contributed by atoms with E-state index in [1.165, 1.54) is 11.1 Å². The van der Waals surface area contributed by atoms with Crippen molar-refractivity contribution in [2.75, 3.05) is 0 Å². The summed E-state index contributed by atoms with van der Waals surface area (Å²) in [5.41, 5.74) is 3.90. The number of hydrogen-bond donors (Lipinski definition) is 0. The Balaban J connectivity index is 1.58. The van der Waals surface area contributed by atoms with Crippen LogP contribution in [0.2, 0.25) is 0 Å². The quantitative estimate of drug-likeness (QED) is 0.682. The Kier molecular flexibility index (Phi) is 2.88. The van der Waals surface area contributed by atoms with Gasteiger partial charge in [0.05, 0.1) is 6.20 Å². The van der Waals surface area contributed by atoms with Crippen LogP contribution in [0.5, 0.6) is 0 Å². The van der Waals surface area contributed by atoms with E-state index < -0.39 is 0 Å². The van der Waals surface area contributed by atoms with Crippen LogP contribution in [0.3, 0.4) is 0 Å². The molecule has 3 atom stereocenters. The van der Waals surface area contributed by atoms with Gasteiger partial charge in [0.25, 0.3) is 0 Å². The molecule has 3 unspecified atom stereocenters. The van der Waals surface area contributed by atoms with E-state index in [4.69, 9.17) is 4.42 Å². The highest BCUT2D eigenvalue weighted by molar-refractivity contribution is 5.54. The van der Waals surface area contributed by atoms with Gasteiger partial charge in [-0.2, -0.15) is 0 Å². The molecule has 1 aliphatic rings. The zero-order chi connectivity index (χ0) is 14.2. The van der Waals surface area contributed by atoms with Gasteiger partial charge in [-0.3, -0.25) is 0 Å². The Bertz CT molecular complexity index is 716. The van der Waals surface area contributed by atoms with Crippen LogP contribution in [0.15, 0.2) is 71.5 Å². The van der Waals surface area contributed by atoms with E-state index in [0.717, 1.165) is 5.56 Å². The Labute approximate surface area is 124 Å². The van der Waals surface area contributed by atoms with Crippen LogP contribution >= 0.6 is 0 Å². The predicted molar refractivity (Wildman–Crippen MR) is 83.0 cm³/mol. The summed E-state index contributed by atoms with van der Waals surface area (Å²) in [4.78, 5) is 4.19. The molecule has 2 heteroatoms. The molecule has 3 aromatic rings. The first-order chi connectivity index (χ1) is 10.3.